The minimum atomic E-state index is -0.677. The number of hydrogen-bond acceptors (Lipinski definition) is 5. The van der Waals surface area contributed by atoms with Crippen LogP contribution in [0, 0.1) is 5.92 Å². The number of fused-ring (bicyclic) bond motifs is 1. The molecule has 0 radical (unpaired) electrons. The molecule has 28 heavy (non-hydrogen) atoms. The molecule has 150 valence electrons. The van der Waals surface area contributed by atoms with E-state index in [4.69, 9.17) is 5.73 Å². The number of pyridine rings is 1. The number of aromatic amines is 1. The Hall–Kier alpha value is -2.97. The van der Waals surface area contributed by atoms with E-state index >= 15 is 0 Å². The smallest absolute Gasteiger partial charge is 0.329 e. The molecule has 0 bridgehead atoms. The number of hydrogen-bond donors (Lipinski definition) is 2. The molecule has 3 rings (SSSR count). The number of aromatic nitrogens is 3. The summed E-state index contributed by atoms with van der Waals surface area (Å²) in [5.74, 6) is -0.636. The number of carbonyl (C=O) groups is 2. The summed E-state index contributed by atoms with van der Waals surface area (Å²) in [6, 6.07) is 0.755. The van der Waals surface area contributed by atoms with Crippen molar-refractivity contribution in [3.8, 4) is 0 Å². The van der Waals surface area contributed by atoms with Crippen molar-refractivity contribution < 1.29 is 9.59 Å². The highest BCUT2D eigenvalue weighted by molar-refractivity contribution is 5.99. The zero-order chi connectivity index (χ0) is 20.4. The van der Waals surface area contributed by atoms with Gasteiger partial charge in [-0.3, -0.25) is 23.9 Å². The Balaban J connectivity index is 2.02. The fourth-order valence-electron chi connectivity index (χ4n) is 3.63. The van der Waals surface area contributed by atoms with Crippen LogP contribution in [0.15, 0.2) is 21.9 Å². The predicted molar refractivity (Wildman–Crippen MR) is 104 cm³/mol. The zero-order valence-electron chi connectivity index (χ0n) is 16.1. The lowest BCUT2D eigenvalue weighted by Gasteiger charge is -2.36. The molecule has 0 unspecified atom stereocenters. The van der Waals surface area contributed by atoms with Crippen molar-refractivity contribution in [2.24, 2.45) is 11.7 Å². The van der Waals surface area contributed by atoms with E-state index in [0.717, 1.165) is 19.3 Å². The van der Waals surface area contributed by atoms with Gasteiger partial charge in [0.05, 0.1) is 10.9 Å². The van der Waals surface area contributed by atoms with Crippen molar-refractivity contribution >= 4 is 22.8 Å². The second-order valence-corrected chi connectivity index (χ2v) is 7.41. The van der Waals surface area contributed by atoms with Crippen molar-refractivity contribution in [1.82, 2.24) is 19.4 Å². The molecule has 2 amide bonds. The average Bonchev–Trinajstić information content (AvgIpc) is 2.67. The van der Waals surface area contributed by atoms with Crippen LogP contribution in [0.2, 0.25) is 0 Å². The van der Waals surface area contributed by atoms with Gasteiger partial charge in [-0.1, -0.05) is 20.3 Å². The van der Waals surface area contributed by atoms with Crippen molar-refractivity contribution in [2.45, 2.75) is 52.1 Å². The quantitative estimate of drug-likeness (QED) is 0.776. The van der Waals surface area contributed by atoms with Crippen molar-refractivity contribution in [1.29, 1.82) is 0 Å². The van der Waals surface area contributed by atoms with Gasteiger partial charge >= 0.3 is 5.69 Å². The van der Waals surface area contributed by atoms with Crippen LogP contribution in [0.4, 0.5) is 0 Å². The fourth-order valence-corrected chi connectivity index (χ4v) is 3.63. The highest BCUT2D eigenvalue weighted by Gasteiger charge is 2.34. The topological polar surface area (TPSA) is 131 Å². The second kappa shape index (κ2) is 7.95. The van der Waals surface area contributed by atoms with Crippen LogP contribution in [-0.4, -0.2) is 43.8 Å². The largest absolute Gasteiger partial charge is 0.368 e. The summed E-state index contributed by atoms with van der Waals surface area (Å²) in [7, 11) is 0. The minimum Gasteiger partial charge on any atom is -0.368 e. The first-order chi connectivity index (χ1) is 13.3. The summed E-state index contributed by atoms with van der Waals surface area (Å²) in [5, 5.41) is 0.169. The number of piperidine rings is 1. The Morgan fingerprint density at radius 1 is 1.36 bits per heavy atom. The van der Waals surface area contributed by atoms with Gasteiger partial charge in [0.1, 0.15) is 11.7 Å². The third-order valence-corrected chi connectivity index (χ3v) is 5.27. The first-order valence-corrected chi connectivity index (χ1v) is 9.56. The summed E-state index contributed by atoms with van der Waals surface area (Å²) >= 11 is 0. The number of primary amides is 1. The summed E-state index contributed by atoms with van der Waals surface area (Å²) in [5.41, 5.74) is 4.83. The number of aryl methyl sites for hydroxylation is 1. The lowest BCUT2D eigenvalue weighted by molar-refractivity contribution is -0.124. The molecule has 0 spiro atoms. The molecule has 9 nitrogen and oxygen atoms in total. The molecule has 2 aromatic heterocycles. The number of unbranched alkanes of at least 4 members (excludes halogenated alkanes) is 1. The van der Waals surface area contributed by atoms with E-state index in [1.165, 1.54) is 21.7 Å². The third-order valence-electron chi connectivity index (χ3n) is 5.27. The maximum Gasteiger partial charge on any atom is 0.329 e. The number of likely N-dealkylation sites (tertiary alicyclic amines) is 1. The monoisotopic (exact) mass is 387 g/mol. The number of H-pyrrole nitrogens is 1. The van der Waals surface area contributed by atoms with Gasteiger partial charge in [0, 0.05) is 19.3 Å². The Morgan fingerprint density at radius 2 is 2.11 bits per heavy atom. The molecule has 0 saturated carbocycles. The zero-order valence-corrected chi connectivity index (χ0v) is 16.1. The predicted octanol–water partition coefficient (Wildman–Crippen LogP) is 0.611. The summed E-state index contributed by atoms with van der Waals surface area (Å²) in [4.78, 5) is 57.2. The van der Waals surface area contributed by atoms with Gasteiger partial charge in [0.25, 0.3) is 11.5 Å². The van der Waals surface area contributed by atoms with E-state index in [1.807, 2.05) is 13.8 Å². The molecule has 9 heteroatoms. The fraction of sp³-hybridized carbons (Fsp3) is 0.526. The van der Waals surface area contributed by atoms with Crippen LogP contribution in [0.5, 0.6) is 0 Å². The van der Waals surface area contributed by atoms with E-state index in [1.54, 1.807) is 0 Å². The Morgan fingerprint density at radius 3 is 2.79 bits per heavy atom. The average molecular weight is 387 g/mol. The highest BCUT2D eigenvalue weighted by Crippen LogP contribution is 2.24. The maximum atomic E-state index is 13.0. The van der Waals surface area contributed by atoms with E-state index in [0.29, 0.717) is 25.4 Å². The van der Waals surface area contributed by atoms with Crippen LogP contribution in [0.3, 0.4) is 0 Å². The molecule has 3 heterocycles. The molecule has 1 aliphatic rings. The van der Waals surface area contributed by atoms with Gasteiger partial charge in [-0.25, -0.2) is 9.78 Å². The first-order valence-electron chi connectivity index (χ1n) is 9.56. The summed E-state index contributed by atoms with van der Waals surface area (Å²) in [6.07, 6.45) is 4.27. The highest BCUT2D eigenvalue weighted by atomic mass is 16.2. The molecule has 1 saturated heterocycles. The van der Waals surface area contributed by atoms with Gasteiger partial charge in [-0.2, -0.15) is 0 Å². The summed E-state index contributed by atoms with van der Waals surface area (Å²) < 4.78 is 1.41. The number of nitrogens with zero attached hydrogens (tertiary/aromatic N) is 3. The molecule has 2 atom stereocenters. The van der Waals surface area contributed by atoms with Gasteiger partial charge in [0.15, 0.2) is 0 Å². The number of amides is 2. The minimum absolute atomic E-state index is 0.169. The second-order valence-electron chi connectivity index (χ2n) is 7.41. The van der Waals surface area contributed by atoms with Crippen molar-refractivity contribution in [3.63, 3.8) is 0 Å². The molecule has 1 aliphatic heterocycles. The molecule has 2 aromatic rings. The van der Waals surface area contributed by atoms with Crippen LogP contribution < -0.4 is 17.0 Å². The van der Waals surface area contributed by atoms with Gasteiger partial charge < -0.3 is 10.6 Å². The number of rotatable bonds is 5. The lowest BCUT2D eigenvalue weighted by atomic mass is 9.91. The van der Waals surface area contributed by atoms with Crippen molar-refractivity contribution in [3.05, 3.63) is 38.7 Å². The van der Waals surface area contributed by atoms with Crippen molar-refractivity contribution in [2.75, 3.05) is 6.54 Å². The van der Waals surface area contributed by atoms with Crippen LogP contribution in [-0.2, 0) is 11.3 Å². The van der Waals surface area contributed by atoms with E-state index < -0.39 is 29.1 Å². The number of nitrogens with two attached hydrogens (primary N) is 1. The summed E-state index contributed by atoms with van der Waals surface area (Å²) in [6.45, 7) is 4.86. The normalized spacial score (nSPS) is 19.7. The van der Waals surface area contributed by atoms with Crippen LogP contribution in [0.1, 0.15) is 49.9 Å². The van der Waals surface area contributed by atoms with Crippen LogP contribution >= 0.6 is 0 Å². The molecule has 0 aromatic carbocycles. The van der Waals surface area contributed by atoms with E-state index in [-0.39, 0.29) is 16.6 Å². The molecule has 3 N–H and O–H groups in total. The number of carbonyl (C=O) groups excluding carboxylic acids is 2. The molecule has 0 aliphatic carbocycles. The maximum absolute atomic E-state index is 13.0. The first kappa shape index (κ1) is 19.8. The third kappa shape index (κ3) is 3.69. The molecular weight excluding hydrogens is 362 g/mol. The van der Waals surface area contributed by atoms with E-state index in [2.05, 4.69) is 9.97 Å². The Bertz CT molecular complexity index is 1030. The van der Waals surface area contributed by atoms with E-state index in [9.17, 15) is 19.2 Å². The SMILES string of the molecule is CCCCn1c(=O)[nH]c(=O)c2cc(C(=O)N3CC[C@H](C)C[C@H]3C(N)=O)cnc21. The lowest BCUT2D eigenvalue weighted by Crippen LogP contribution is -2.52. The van der Waals surface area contributed by atoms with Crippen LogP contribution in [0.25, 0.3) is 11.0 Å². The number of nitrogens with one attached hydrogen (secondary N) is 1. The van der Waals surface area contributed by atoms with Gasteiger partial charge in [0.2, 0.25) is 5.91 Å². The standard InChI is InChI=1S/C19H25N5O4/c1-3-4-6-24-16-13(17(26)22-19(24)28)9-12(10-21-16)18(27)23-7-5-11(2)8-14(23)15(20)25/h9-11,14H,3-8H2,1-2H3,(H2,20,25)(H,22,26,28)/t11-,14-/m0/s1. The van der Waals surface area contributed by atoms with Gasteiger partial charge in [-0.05, 0) is 31.2 Å². The van der Waals surface area contributed by atoms with Gasteiger partial charge in [-0.15, -0.1) is 0 Å². The molecule has 1 fully saturated rings. The Kier molecular flexibility index (Phi) is 5.62. The molecular formula is C19H25N5O4. The Labute approximate surface area is 161 Å².